The van der Waals surface area contributed by atoms with Crippen LogP contribution < -0.4 is 0 Å². The van der Waals surface area contributed by atoms with Crippen LogP contribution >= 0.6 is 0 Å². The molecule has 8 nitrogen and oxygen atoms in total. The Kier molecular flexibility index (Phi) is 3.84. The highest BCUT2D eigenvalue weighted by molar-refractivity contribution is 6.21. The maximum atomic E-state index is 12.7. The number of nitrogens with zero attached hydrogens (tertiary/aromatic N) is 2. The molecule has 0 saturated carbocycles. The van der Waals surface area contributed by atoms with Gasteiger partial charge in [0.05, 0.1) is 17.2 Å². The molecule has 1 fully saturated rings. The van der Waals surface area contributed by atoms with E-state index in [1.807, 2.05) is 0 Å². The molecule has 3 amide bonds. The van der Waals surface area contributed by atoms with E-state index in [0.717, 1.165) is 4.90 Å². The van der Waals surface area contributed by atoms with Gasteiger partial charge in [0.15, 0.2) is 0 Å². The van der Waals surface area contributed by atoms with Gasteiger partial charge in [-0.1, -0.05) is 0 Å². The molecule has 2 atom stereocenters. The lowest BCUT2D eigenvalue weighted by Crippen LogP contribution is -2.40. The van der Waals surface area contributed by atoms with Gasteiger partial charge in [0.1, 0.15) is 6.04 Å². The van der Waals surface area contributed by atoms with Crippen molar-refractivity contribution < 1.29 is 29.0 Å². The van der Waals surface area contributed by atoms with Crippen LogP contribution in [-0.4, -0.2) is 71.4 Å². The van der Waals surface area contributed by atoms with Crippen molar-refractivity contribution in [2.24, 2.45) is 0 Å². The molecular formula is C16H16N2O6. The predicted octanol–water partition coefficient (Wildman–Crippen LogP) is 0.226. The standard InChI is InChI=1S/C16H16N2O6/c1-17-14(20)10-4-3-8(5-11(10)15(17)21)13(19)18-7-9(24-2)6-12(18)16(22)23/h3-5,9,12H,6-7H2,1-2H3,(H,22,23). The number of carboxylic acids is 1. The fraction of sp³-hybridized carbons (Fsp3) is 0.375. The Balaban J connectivity index is 1.93. The first-order chi connectivity index (χ1) is 11.3. The van der Waals surface area contributed by atoms with Crippen molar-refractivity contribution in [2.75, 3.05) is 20.7 Å². The van der Waals surface area contributed by atoms with E-state index in [2.05, 4.69) is 0 Å². The van der Waals surface area contributed by atoms with Crippen molar-refractivity contribution in [3.05, 3.63) is 34.9 Å². The highest BCUT2D eigenvalue weighted by atomic mass is 16.5. The Morgan fingerprint density at radius 2 is 1.88 bits per heavy atom. The Hall–Kier alpha value is -2.74. The number of hydrogen-bond donors (Lipinski definition) is 1. The third-order valence-electron chi connectivity index (χ3n) is 4.48. The van der Waals surface area contributed by atoms with Gasteiger partial charge in [0.25, 0.3) is 17.7 Å². The minimum absolute atomic E-state index is 0.155. The van der Waals surface area contributed by atoms with E-state index >= 15 is 0 Å². The third-order valence-corrected chi connectivity index (χ3v) is 4.48. The Bertz CT molecular complexity index is 759. The molecule has 2 aliphatic heterocycles. The fourth-order valence-corrected chi connectivity index (χ4v) is 3.09. The van der Waals surface area contributed by atoms with E-state index in [1.165, 1.54) is 37.3 Å². The van der Waals surface area contributed by atoms with Gasteiger partial charge < -0.3 is 14.7 Å². The zero-order chi connectivity index (χ0) is 17.6. The molecule has 3 rings (SSSR count). The summed E-state index contributed by atoms with van der Waals surface area (Å²) in [6.07, 6.45) is -0.137. The molecule has 1 aromatic carbocycles. The summed E-state index contributed by atoms with van der Waals surface area (Å²) in [7, 11) is 2.84. The third kappa shape index (κ3) is 2.35. The number of likely N-dealkylation sites (tertiary alicyclic amines) is 1. The van der Waals surface area contributed by atoms with Crippen LogP contribution in [0.25, 0.3) is 0 Å². The first kappa shape index (κ1) is 16.1. The second kappa shape index (κ2) is 5.72. The average molecular weight is 332 g/mol. The summed E-state index contributed by atoms with van der Waals surface area (Å²) in [5, 5.41) is 9.30. The molecule has 8 heteroatoms. The molecule has 0 spiro atoms. The summed E-state index contributed by atoms with van der Waals surface area (Å²) in [6.45, 7) is 0.163. The lowest BCUT2D eigenvalue weighted by atomic mass is 10.0. The largest absolute Gasteiger partial charge is 0.480 e. The van der Waals surface area contributed by atoms with E-state index in [9.17, 15) is 24.3 Å². The molecule has 2 aliphatic rings. The maximum Gasteiger partial charge on any atom is 0.326 e. The number of benzene rings is 1. The molecule has 0 aliphatic carbocycles. The predicted molar refractivity (Wildman–Crippen MR) is 80.7 cm³/mol. The number of methoxy groups -OCH3 is 1. The summed E-state index contributed by atoms with van der Waals surface area (Å²) in [5.74, 6) is -2.50. The van der Waals surface area contributed by atoms with Crippen molar-refractivity contribution >= 4 is 23.7 Å². The number of carbonyl (C=O) groups is 4. The minimum atomic E-state index is -1.10. The number of amides is 3. The number of carbonyl (C=O) groups excluding carboxylic acids is 3. The normalized spacial score (nSPS) is 22.9. The molecule has 1 N–H and O–H groups in total. The molecule has 0 radical (unpaired) electrons. The van der Waals surface area contributed by atoms with Crippen molar-refractivity contribution in [2.45, 2.75) is 18.6 Å². The van der Waals surface area contributed by atoms with Crippen LogP contribution in [0, 0.1) is 0 Å². The number of ether oxygens (including phenoxy) is 1. The Morgan fingerprint density at radius 3 is 2.50 bits per heavy atom. The van der Waals surface area contributed by atoms with Crippen LogP contribution in [-0.2, 0) is 9.53 Å². The summed E-state index contributed by atoms with van der Waals surface area (Å²) in [5.41, 5.74) is 0.570. The van der Waals surface area contributed by atoms with Gasteiger partial charge >= 0.3 is 5.97 Å². The molecule has 0 bridgehead atoms. The number of hydrogen-bond acceptors (Lipinski definition) is 5. The molecular weight excluding hydrogens is 316 g/mol. The monoisotopic (exact) mass is 332 g/mol. The van der Waals surface area contributed by atoms with Gasteiger partial charge in [0.2, 0.25) is 0 Å². The highest BCUT2D eigenvalue weighted by Gasteiger charge is 2.41. The van der Waals surface area contributed by atoms with Gasteiger partial charge in [0, 0.05) is 32.7 Å². The zero-order valence-corrected chi connectivity index (χ0v) is 13.2. The van der Waals surface area contributed by atoms with Gasteiger partial charge in [-0.2, -0.15) is 0 Å². The van der Waals surface area contributed by atoms with Gasteiger partial charge in [-0.15, -0.1) is 0 Å². The molecule has 2 unspecified atom stereocenters. The second-order valence-corrected chi connectivity index (χ2v) is 5.83. The van der Waals surface area contributed by atoms with Crippen LogP contribution in [0.15, 0.2) is 18.2 Å². The van der Waals surface area contributed by atoms with Crippen molar-refractivity contribution in [1.29, 1.82) is 0 Å². The Labute approximate surface area is 137 Å². The summed E-state index contributed by atoms with van der Waals surface area (Å²) in [6, 6.07) is 3.23. The highest BCUT2D eigenvalue weighted by Crippen LogP contribution is 2.26. The maximum absolute atomic E-state index is 12.7. The minimum Gasteiger partial charge on any atom is -0.480 e. The van der Waals surface area contributed by atoms with Crippen molar-refractivity contribution in [3.8, 4) is 0 Å². The number of imide groups is 1. The van der Waals surface area contributed by atoms with Crippen molar-refractivity contribution in [3.63, 3.8) is 0 Å². The van der Waals surface area contributed by atoms with Crippen molar-refractivity contribution in [1.82, 2.24) is 9.80 Å². The number of fused-ring (bicyclic) bond motifs is 1. The summed E-state index contributed by atoms with van der Waals surface area (Å²) in [4.78, 5) is 50.2. The molecule has 126 valence electrons. The van der Waals surface area contributed by atoms with Crippen LogP contribution in [0.5, 0.6) is 0 Å². The zero-order valence-electron chi connectivity index (χ0n) is 13.2. The molecule has 2 heterocycles. The van der Waals surface area contributed by atoms with E-state index in [4.69, 9.17) is 4.74 Å². The fourth-order valence-electron chi connectivity index (χ4n) is 3.09. The molecule has 24 heavy (non-hydrogen) atoms. The Morgan fingerprint density at radius 1 is 1.21 bits per heavy atom. The first-order valence-corrected chi connectivity index (χ1v) is 7.38. The SMILES string of the molecule is COC1CC(C(=O)O)N(C(=O)c2ccc3c(c2)C(=O)N(C)C3=O)C1. The quantitative estimate of drug-likeness (QED) is 0.795. The van der Waals surface area contributed by atoms with E-state index < -0.39 is 29.7 Å². The van der Waals surface area contributed by atoms with Crippen LogP contribution in [0.3, 0.4) is 0 Å². The average Bonchev–Trinajstić information content (AvgIpc) is 3.10. The van der Waals surface area contributed by atoms with Gasteiger partial charge in [-0.25, -0.2) is 4.79 Å². The van der Waals surface area contributed by atoms with E-state index in [0.29, 0.717) is 0 Å². The molecule has 0 aromatic heterocycles. The molecule has 1 aromatic rings. The first-order valence-electron chi connectivity index (χ1n) is 7.38. The summed E-state index contributed by atoms with van der Waals surface area (Å²) >= 11 is 0. The van der Waals surface area contributed by atoms with E-state index in [1.54, 1.807) is 0 Å². The second-order valence-electron chi connectivity index (χ2n) is 5.83. The lowest BCUT2D eigenvalue weighted by Gasteiger charge is -2.21. The number of rotatable bonds is 3. The topological polar surface area (TPSA) is 104 Å². The van der Waals surface area contributed by atoms with Gasteiger partial charge in [-0.05, 0) is 18.2 Å². The van der Waals surface area contributed by atoms with E-state index in [-0.39, 0.29) is 35.8 Å². The number of aliphatic carboxylic acids is 1. The van der Waals surface area contributed by atoms with Crippen LogP contribution in [0.2, 0.25) is 0 Å². The smallest absolute Gasteiger partial charge is 0.326 e. The number of carboxylic acid groups (broad SMARTS) is 1. The van der Waals surface area contributed by atoms with Crippen LogP contribution in [0.4, 0.5) is 0 Å². The van der Waals surface area contributed by atoms with Gasteiger partial charge in [-0.3, -0.25) is 19.3 Å². The molecule has 1 saturated heterocycles. The van der Waals surface area contributed by atoms with Crippen LogP contribution in [0.1, 0.15) is 37.5 Å². The lowest BCUT2D eigenvalue weighted by molar-refractivity contribution is -0.141. The summed E-state index contributed by atoms with van der Waals surface area (Å²) < 4.78 is 5.16.